The topological polar surface area (TPSA) is 228 Å². The molecule has 0 atom stereocenters. The van der Waals surface area contributed by atoms with Gasteiger partial charge in [-0.25, -0.2) is 0 Å². The molecule has 0 aromatic carbocycles. The molecule has 0 heterocycles. The Morgan fingerprint density at radius 3 is 0.286 bits per heavy atom. The molecule has 0 unspecified atom stereocenters. The Hall–Kier alpha value is -0.280. The Balaban J connectivity index is 0. The Morgan fingerprint density at radius 2 is 0.286 bits per heavy atom. The fraction of sp³-hybridized carbons (Fsp3) is 0. The summed E-state index contributed by atoms with van der Waals surface area (Å²) in [6, 6.07) is 0. The van der Waals surface area contributed by atoms with E-state index in [9.17, 15) is 0 Å². The van der Waals surface area contributed by atoms with Gasteiger partial charge in [0.2, 0.25) is 0 Å². The molecule has 0 amide bonds. The third-order valence-corrected chi connectivity index (χ3v) is 0. The van der Waals surface area contributed by atoms with Crippen molar-refractivity contribution in [2.75, 3.05) is 0 Å². The normalized spacial score (nSPS) is 0. The van der Waals surface area contributed by atoms with Crippen LogP contribution in [0, 0.1) is 0 Å². The number of hydrogen-bond acceptors (Lipinski definition) is 2. The van der Waals surface area contributed by atoms with Crippen LogP contribution in [0.2, 0.25) is 0 Å². The molecular weight excluding hydrogens is 108 g/mol. The highest BCUT2D eigenvalue weighted by molar-refractivity contribution is 2.14. The predicted octanol–water partition coefficient (Wildman–Crippen LogP) is -3.80. The molecule has 0 saturated heterocycles. The van der Waals surface area contributed by atoms with E-state index < -0.39 is 0 Å². The van der Waals surface area contributed by atoms with Crippen LogP contribution in [-0.2, 0) is 0 Å². The van der Waals surface area contributed by atoms with Crippen LogP contribution in [0.4, 0.5) is 0 Å². The van der Waals surface area contributed by atoms with Gasteiger partial charge < -0.3 is 39.7 Å². The monoisotopic (exact) mass is 124 g/mol. The lowest BCUT2D eigenvalue weighted by molar-refractivity contribution is 0.823. The van der Waals surface area contributed by atoms with E-state index in [2.05, 4.69) is 0 Å². The Morgan fingerprint density at radius 1 is 0.286 bits per heavy atom. The van der Waals surface area contributed by atoms with Crippen LogP contribution in [0.1, 0.15) is 0 Å². The molecule has 0 spiro atoms. The lowest BCUT2D eigenvalue weighted by Crippen LogP contribution is -0.482. The highest BCUT2D eigenvalue weighted by atomic mass is 16.0. The van der Waals surface area contributed by atoms with Crippen LogP contribution in [0.15, 0.2) is 0 Å². The van der Waals surface area contributed by atoms with Crippen LogP contribution >= 0.6 is 0 Å². The molecule has 0 aliphatic heterocycles. The fourth-order valence-corrected chi connectivity index (χ4v) is 0. The number of hydrogen-bond donors (Lipinski definition) is 2. The van der Waals surface area contributed by atoms with Gasteiger partial charge in [0.05, 0.1) is 0 Å². The summed E-state index contributed by atoms with van der Waals surface area (Å²) in [5, 5.41) is 0. The smallest absolute Gasteiger partial charge is 0.344 e. The van der Waals surface area contributed by atoms with Gasteiger partial charge in [0.25, 0.3) is 0 Å². The first-order valence-electron chi connectivity index (χ1n) is 0. The highest BCUT2D eigenvalue weighted by Gasteiger charge is -0.343. The molecule has 0 aliphatic carbocycles. The second kappa shape index (κ2) is 1630. The van der Waals surface area contributed by atoms with Crippen LogP contribution in [-0.4, -0.2) is 27.4 Å². The largest absolute Gasteiger partial charge is 0.412 e. The lowest BCUT2D eigenvalue weighted by Gasteiger charge is -0.413. The average Bonchev–Trinajstić information content (AvgIpc) is 0. The first-order chi connectivity index (χ1) is 0. The Kier molecular flexibility index (Phi) is 651000. The molecule has 7 heteroatoms. The summed E-state index contributed by atoms with van der Waals surface area (Å²) in [7, 11) is 0. The maximum atomic E-state index is 0. The van der Waals surface area contributed by atoms with E-state index in [0.717, 1.165) is 0 Å². The SMILES string of the molecule is N.N.O.O.O.O.O. The molecule has 16 N–H and O–H groups in total. The standard InChI is InChI=1S/2H3N.5H2O/h2*1H3;5*1H2. The van der Waals surface area contributed by atoms with Crippen LogP contribution in [0.3, 0.4) is 0 Å². The Labute approximate surface area is 41.0 Å². The van der Waals surface area contributed by atoms with Crippen molar-refractivity contribution in [1.29, 1.82) is 0 Å². The predicted molar refractivity (Wildman–Crippen MR) is 28.1 cm³/mol. The van der Waals surface area contributed by atoms with Crippen molar-refractivity contribution in [1.82, 2.24) is 12.3 Å². The molecule has 0 aromatic heterocycles. The molecule has 0 saturated carbocycles. The van der Waals surface area contributed by atoms with Gasteiger partial charge in [-0.2, -0.15) is 0 Å². The molecule has 7 heavy (non-hydrogen) atoms. The van der Waals surface area contributed by atoms with Crippen molar-refractivity contribution >= 4 is 0 Å². The summed E-state index contributed by atoms with van der Waals surface area (Å²) in [5.41, 5.74) is 0. The quantitative estimate of drug-likeness (QED) is 0.330. The van der Waals surface area contributed by atoms with Crippen LogP contribution < -0.4 is 12.3 Å². The minimum absolute atomic E-state index is 0. The highest BCUT2D eigenvalue weighted by Crippen LogP contribution is -0.285. The Bertz CT molecular complexity index is 6.04. The summed E-state index contributed by atoms with van der Waals surface area (Å²) in [6.07, 6.45) is 0. The van der Waals surface area contributed by atoms with Crippen molar-refractivity contribution in [3.05, 3.63) is 0 Å². The summed E-state index contributed by atoms with van der Waals surface area (Å²) in [5.74, 6) is 0. The van der Waals surface area contributed by atoms with Gasteiger partial charge in [0.1, 0.15) is 0 Å². The second-order valence-corrected chi connectivity index (χ2v) is 0. The molecule has 0 fully saturated rings. The van der Waals surface area contributed by atoms with Crippen molar-refractivity contribution in [3.8, 4) is 0 Å². The molecule has 0 rings (SSSR count). The zero-order valence-electron chi connectivity index (χ0n) is 3.91. The molecule has 0 aromatic rings. The first kappa shape index (κ1) is 2800. The lowest BCUT2D eigenvalue weighted by atomic mass is 14.0. The van der Waals surface area contributed by atoms with Gasteiger partial charge in [-0.1, -0.05) is 0 Å². The van der Waals surface area contributed by atoms with E-state index in [4.69, 9.17) is 0 Å². The maximum absolute atomic E-state index is 0. The minimum Gasteiger partial charge on any atom is -0.412 e. The molecule has 0 radical (unpaired) electrons. The summed E-state index contributed by atoms with van der Waals surface area (Å²) >= 11 is 0. The van der Waals surface area contributed by atoms with Crippen molar-refractivity contribution in [3.63, 3.8) is 0 Å². The van der Waals surface area contributed by atoms with E-state index in [1.54, 1.807) is 0 Å². The van der Waals surface area contributed by atoms with E-state index in [1.165, 1.54) is 0 Å². The summed E-state index contributed by atoms with van der Waals surface area (Å²) in [4.78, 5) is 0. The van der Waals surface area contributed by atoms with Crippen LogP contribution in [0.25, 0.3) is 0 Å². The van der Waals surface area contributed by atoms with Crippen molar-refractivity contribution < 1.29 is 27.4 Å². The van der Waals surface area contributed by atoms with Gasteiger partial charge in [-0.15, -0.1) is 0 Å². The molecule has 0 bridgehead atoms. The fourth-order valence-electron chi connectivity index (χ4n) is 0. The van der Waals surface area contributed by atoms with Gasteiger partial charge in [0.15, 0.2) is 0 Å². The average molecular weight is 124 g/mol. The second-order valence-electron chi connectivity index (χ2n) is 0. The van der Waals surface area contributed by atoms with E-state index in [-0.39, 0.29) is 39.7 Å². The third-order valence-electron chi connectivity index (χ3n) is 0. The van der Waals surface area contributed by atoms with Gasteiger partial charge in [-0.3, -0.25) is 0 Å². The molecule has 0 aliphatic rings. The van der Waals surface area contributed by atoms with Crippen molar-refractivity contribution in [2.24, 2.45) is 0 Å². The van der Waals surface area contributed by atoms with E-state index in [0.29, 0.717) is 0 Å². The van der Waals surface area contributed by atoms with E-state index >= 15 is 0 Å². The maximum Gasteiger partial charge on any atom is -0.344 e. The van der Waals surface area contributed by atoms with E-state index in [1.807, 2.05) is 0 Å². The summed E-state index contributed by atoms with van der Waals surface area (Å²) < 4.78 is 0. The zero-order valence-corrected chi connectivity index (χ0v) is 3.91. The molecule has 7 nitrogen and oxygen atoms in total. The van der Waals surface area contributed by atoms with Crippen molar-refractivity contribution in [2.45, 2.75) is 0 Å². The zero-order chi connectivity index (χ0) is 0. The van der Waals surface area contributed by atoms with Gasteiger partial charge in [-0.05, 0) is 0 Å². The first-order valence-corrected chi connectivity index (χ1v) is 0. The van der Waals surface area contributed by atoms with Crippen LogP contribution in [0.5, 0.6) is 0 Å². The molecular formula is H16N2O5. The minimum atomic E-state index is 0. The summed E-state index contributed by atoms with van der Waals surface area (Å²) in [6.45, 7) is 0. The third kappa shape index (κ3) is 1010. The number of rotatable bonds is 0. The van der Waals surface area contributed by atoms with Gasteiger partial charge in [0, 0.05) is 0 Å². The van der Waals surface area contributed by atoms with Gasteiger partial charge >= 0.3 is 0 Å². The molecule has 56 valence electrons.